The van der Waals surface area contributed by atoms with Gasteiger partial charge in [-0.3, -0.25) is 4.40 Å². The number of fused-ring (bicyclic) bond motifs is 1. The van der Waals surface area contributed by atoms with E-state index >= 15 is 0 Å². The summed E-state index contributed by atoms with van der Waals surface area (Å²) in [7, 11) is 1.32. The van der Waals surface area contributed by atoms with E-state index < -0.39 is 5.97 Å². The molecule has 0 aliphatic heterocycles. The minimum atomic E-state index is -0.476. The fraction of sp³-hybridized carbons (Fsp3) is 0.133. The molecule has 0 aliphatic carbocycles. The number of esters is 1. The molecule has 0 bridgehead atoms. The zero-order chi connectivity index (χ0) is 15.5. The van der Waals surface area contributed by atoms with Crippen LogP contribution in [0.1, 0.15) is 16.3 Å². The molecule has 0 spiro atoms. The van der Waals surface area contributed by atoms with Gasteiger partial charge in [0.1, 0.15) is 23.8 Å². The number of rotatable bonds is 4. The first-order valence-corrected chi connectivity index (χ1v) is 6.52. The second-order valence-corrected chi connectivity index (χ2v) is 4.50. The fourth-order valence-electron chi connectivity index (χ4n) is 2.05. The molecule has 22 heavy (non-hydrogen) atoms. The van der Waals surface area contributed by atoms with E-state index in [4.69, 9.17) is 9.47 Å². The number of hydrogen-bond acceptors (Lipinski definition) is 6. The van der Waals surface area contributed by atoms with E-state index in [2.05, 4.69) is 10.2 Å². The highest BCUT2D eigenvalue weighted by atomic mass is 16.5. The number of phenols is 1. The van der Waals surface area contributed by atoms with Gasteiger partial charge in [0.15, 0.2) is 11.5 Å². The van der Waals surface area contributed by atoms with Gasteiger partial charge in [-0.2, -0.15) is 0 Å². The molecule has 2 aromatic heterocycles. The molecule has 2 heterocycles. The molecule has 0 saturated carbocycles. The predicted octanol–water partition coefficient (Wildman–Crippen LogP) is 1.80. The first-order chi connectivity index (χ1) is 10.7. The Morgan fingerprint density at radius 1 is 1.18 bits per heavy atom. The Balaban J connectivity index is 1.90. The molecule has 0 saturated heterocycles. The van der Waals surface area contributed by atoms with E-state index in [1.165, 1.54) is 19.2 Å². The summed E-state index contributed by atoms with van der Waals surface area (Å²) in [6, 6.07) is 11.4. The minimum Gasteiger partial charge on any atom is -0.508 e. The molecule has 1 N–H and O–H groups in total. The maximum atomic E-state index is 11.8. The molecular formula is C15H13N3O4. The molecule has 0 unspecified atom stereocenters. The van der Waals surface area contributed by atoms with E-state index in [0.717, 1.165) is 0 Å². The van der Waals surface area contributed by atoms with Gasteiger partial charge in [0.25, 0.3) is 0 Å². The van der Waals surface area contributed by atoms with Crippen LogP contribution in [0.25, 0.3) is 5.65 Å². The van der Waals surface area contributed by atoms with Crippen molar-refractivity contribution in [1.29, 1.82) is 0 Å². The summed E-state index contributed by atoms with van der Waals surface area (Å²) in [6.45, 7) is 0.125. The van der Waals surface area contributed by atoms with E-state index in [0.29, 0.717) is 22.9 Å². The van der Waals surface area contributed by atoms with Crippen LogP contribution in [-0.4, -0.2) is 32.8 Å². The molecule has 7 nitrogen and oxygen atoms in total. The van der Waals surface area contributed by atoms with E-state index in [9.17, 15) is 9.90 Å². The molecule has 112 valence electrons. The molecule has 3 aromatic rings. The summed E-state index contributed by atoms with van der Waals surface area (Å²) in [5, 5.41) is 17.3. The van der Waals surface area contributed by atoms with E-state index in [1.807, 2.05) is 0 Å². The minimum absolute atomic E-state index is 0.125. The number of ether oxygens (including phenoxy) is 2. The lowest BCUT2D eigenvalue weighted by Crippen LogP contribution is -2.11. The Morgan fingerprint density at radius 2 is 1.95 bits per heavy atom. The van der Waals surface area contributed by atoms with Crippen molar-refractivity contribution >= 4 is 11.6 Å². The van der Waals surface area contributed by atoms with Gasteiger partial charge >= 0.3 is 5.97 Å². The smallest absolute Gasteiger partial charge is 0.355 e. The van der Waals surface area contributed by atoms with Crippen molar-refractivity contribution in [3.05, 3.63) is 54.0 Å². The average molecular weight is 299 g/mol. The number of methoxy groups -OCH3 is 1. The normalized spacial score (nSPS) is 10.6. The largest absolute Gasteiger partial charge is 0.508 e. The Labute approximate surface area is 125 Å². The summed E-state index contributed by atoms with van der Waals surface area (Å²) in [5.41, 5.74) is 0.863. The third kappa shape index (κ3) is 2.56. The maximum absolute atomic E-state index is 11.8. The molecule has 3 rings (SSSR count). The van der Waals surface area contributed by atoms with Crippen LogP contribution in [0.4, 0.5) is 0 Å². The molecular weight excluding hydrogens is 286 g/mol. The molecule has 1 aromatic carbocycles. The SMILES string of the molecule is COC(=O)c1cccc2nnc(COc3ccc(O)cc3)n12. The van der Waals surface area contributed by atoms with Crippen LogP contribution >= 0.6 is 0 Å². The topological polar surface area (TPSA) is 86.0 Å². The van der Waals surface area contributed by atoms with Crippen molar-refractivity contribution in [2.24, 2.45) is 0 Å². The van der Waals surface area contributed by atoms with Crippen molar-refractivity contribution in [1.82, 2.24) is 14.6 Å². The van der Waals surface area contributed by atoms with Crippen LogP contribution in [0.15, 0.2) is 42.5 Å². The third-order valence-corrected chi connectivity index (χ3v) is 3.09. The molecule has 7 heteroatoms. The van der Waals surface area contributed by atoms with E-state index in [1.54, 1.807) is 34.7 Å². The second kappa shape index (κ2) is 5.72. The number of carbonyl (C=O) groups is 1. The number of carbonyl (C=O) groups excluding carboxylic acids is 1. The molecule has 0 atom stereocenters. The van der Waals surface area contributed by atoms with Gasteiger partial charge < -0.3 is 14.6 Å². The van der Waals surface area contributed by atoms with Crippen LogP contribution < -0.4 is 4.74 Å². The molecule has 0 amide bonds. The number of aromatic nitrogens is 3. The summed E-state index contributed by atoms with van der Waals surface area (Å²) in [5.74, 6) is 0.735. The first-order valence-electron chi connectivity index (χ1n) is 6.52. The van der Waals surface area contributed by atoms with E-state index in [-0.39, 0.29) is 12.4 Å². The van der Waals surface area contributed by atoms with Gasteiger partial charge in [-0.15, -0.1) is 10.2 Å². The second-order valence-electron chi connectivity index (χ2n) is 4.50. The lowest BCUT2D eigenvalue weighted by Gasteiger charge is -2.07. The van der Waals surface area contributed by atoms with Crippen molar-refractivity contribution in [3.8, 4) is 11.5 Å². The van der Waals surface area contributed by atoms with Crippen molar-refractivity contribution < 1.29 is 19.4 Å². The fourth-order valence-corrected chi connectivity index (χ4v) is 2.05. The van der Waals surface area contributed by atoms with Gasteiger partial charge in [-0.05, 0) is 36.4 Å². The van der Waals surface area contributed by atoms with Gasteiger partial charge in [-0.25, -0.2) is 4.79 Å². The van der Waals surface area contributed by atoms with Gasteiger partial charge in [-0.1, -0.05) is 6.07 Å². The highest BCUT2D eigenvalue weighted by Crippen LogP contribution is 2.17. The molecule has 0 fully saturated rings. The third-order valence-electron chi connectivity index (χ3n) is 3.09. The van der Waals surface area contributed by atoms with Gasteiger partial charge in [0.05, 0.1) is 7.11 Å². The Morgan fingerprint density at radius 3 is 2.68 bits per heavy atom. The zero-order valence-electron chi connectivity index (χ0n) is 11.8. The quantitative estimate of drug-likeness (QED) is 0.739. The van der Waals surface area contributed by atoms with Crippen LogP contribution in [0.5, 0.6) is 11.5 Å². The van der Waals surface area contributed by atoms with Crippen LogP contribution in [0, 0.1) is 0 Å². The maximum Gasteiger partial charge on any atom is 0.355 e. The number of hydrogen-bond donors (Lipinski definition) is 1. The van der Waals surface area contributed by atoms with Gasteiger partial charge in [0.2, 0.25) is 0 Å². The Bertz CT molecular complexity index is 811. The van der Waals surface area contributed by atoms with Crippen molar-refractivity contribution in [3.63, 3.8) is 0 Å². The predicted molar refractivity (Wildman–Crippen MR) is 76.8 cm³/mol. The summed E-state index contributed by atoms with van der Waals surface area (Å²) in [6.07, 6.45) is 0. The van der Waals surface area contributed by atoms with Crippen LogP contribution in [-0.2, 0) is 11.3 Å². The standard InChI is InChI=1S/C15H13N3O4/c1-21-15(20)12-3-2-4-13-16-17-14(18(12)13)9-22-11-7-5-10(19)6-8-11/h2-8,19H,9H2,1H3. The van der Waals surface area contributed by atoms with Crippen LogP contribution in [0.2, 0.25) is 0 Å². The zero-order valence-corrected chi connectivity index (χ0v) is 11.8. The lowest BCUT2D eigenvalue weighted by atomic mass is 10.3. The summed E-state index contributed by atoms with van der Waals surface area (Å²) < 4.78 is 11.9. The monoisotopic (exact) mass is 299 g/mol. The van der Waals surface area contributed by atoms with Crippen molar-refractivity contribution in [2.45, 2.75) is 6.61 Å². The highest BCUT2D eigenvalue weighted by molar-refractivity contribution is 5.88. The Kier molecular flexibility index (Phi) is 3.61. The highest BCUT2D eigenvalue weighted by Gasteiger charge is 2.15. The summed E-state index contributed by atoms with van der Waals surface area (Å²) in [4.78, 5) is 11.8. The number of phenolic OH excluding ortho intramolecular Hbond substituents is 1. The number of pyridine rings is 1. The number of aromatic hydroxyl groups is 1. The average Bonchev–Trinajstić information content (AvgIpc) is 2.97. The Hall–Kier alpha value is -3.09. The van der Waals surface area contributed by atoms with Gasteiger partial charge in [0, 0.05) is 0 Å². The lowest BCUT2D eigenvalue weighted by molar-refractivity contribution is 0.0591. The molecule has 0 aliphatic rings. The summed E-state index contributed by atoms with van der Waals surface area (Å²) >= 11 is 0. The number of benzene rings is 1. The first kappa shape index (κ1) is 13.9. The molecule has 0 radical (unpaired) electrons. The number of nitrogens with zero attached hydrogens (tertiary/aromatic N) is 3. The van der Waals surface area contributed by atoms with Crippen molar-refractivity contribution in [2.75, 3.05) is 7.11 Å². The van der Waals surface area contributed by atoms with Crippen LogP contribution in [0.3, 0.4) is 0 Å².